The second-order valence-corrected chi connectivity index (χ2v) is 4.44. The van der Waals surface area contributed by atoms with Gasteiger partial charge in [-0.2, -0.15) is 13.2 Å². The molecule has 0 radical (unpaired) electrons. The Morgan fingerprint density at radius 2 is 2.11 bits per heavy atom. The molecule has 0 spiro atoms. The fourth-order valence-electron chi connectivity index (χ4n) is 1.24. The molecule has 19 heavy (non-hydrogen) atoms. The van der Waals surface area contributed by atoms with Crippen molar-refractivity contribution in [2.75, 3.05) is 13.1 Å². The molecule has 0 aliphatic carbocycles. The first-order chi connectivity index (χ1) is 8.73. The monoisotopic (exact) mass is 297 g/mol. The van der Waals surface area contributed by atoms with Gasteiger partial charge in [-0.05, 0) is 0 Å². The van der Waals surface area contributed by atoms with E-state index in [4.69, 9.17) is 10.8 Å². The van der Waals surface area contributed by atoms with Crippen molar-refractivity contribution in [3.8, 4) is 0 Å². The number of rotatable bonds is 5. The topological polar surface area (TPSA) is 96.5 Å². The van der Waals surface area contributed by atoms with Crippen molar-refractivity contribution >= 4 is 23.2 Å². The van der Waals surface area contributed by atoms with E-state index < -0.39 is 31.1 Å². The van der Waals surface area contributed by atoms with Gasteiger partial charge in [-0.15, -0.1) is 11.3 Å². The van der Waals surface area contributed by atoms with E-state index in [-0.39, 0.29) is 17.1 Å². The quantitative estimate of drug-likeness (QED) is 0.833. The Bertz CT molecular complexity index is 475. The minimum absolute atomic E-state index is 0.0517. The number of carbonyl (C=O) groups is 2. The van der Waals surface area contributed by atoms with E-state index in [2.05, 4.69) is 4.98 Å². The second kappa shape index (κ2) is 5.97. The molecule has 0 atom stereocenters. The number of thiazole rings is 1. The number of carboxylic acid groups (broad SMARTS) is 1. The van der Waals surface area contributed by atoms with Crippen molar-refractivity contribution in [1.29, 1.82) is 0 Å². The smallest absolute Gasteiger partial charge is 0.406 e. The number of alkyl halides is 3. The van der Waals surface area contributed by atoms with Crippen LogP contribution >= 0.6 is 11.3 Å². The lowest BCUT2D eigenvalue weighted by Gasteiger charge is -2.21. The summed E-state index contributed by atoms with van der Waals surface area (Å²) >= 11 is 1.02. The minimum atomic E-state index is -4.68. The summed E-state index contributed by atoms with van der Waals surface area (Å²) in [5.41, 5.74) is 5.03. The zero-order valence-electron chi connectivity index (χ0n) is 9.48. The molecule has 0 aliphatic heterocycles. The molecular formula is C9H10F3N3O3S. The Kier molecular flexibility index (Phi) is 4.84. The summed E-state index contributed by atoms with van der Waals surface area (Å²) in [7, 11) is 0. The van der Waals surface area contributed by atoms with Crippen LogP contribution in [0, 0.1) is 0 Å². The van der Waals surface area contributed by atoms with Gasteiger partial charge in [-0.25, -0.2) is 4.98 Å². The standard InChI is InChI=1S/C9H10F3N3O3S/c10-9(11,12)4-15(2-7(16)17)8(18)5-3-19-6(1-13)14-5/h3H,1-2,4,13H2,(H,16,17). The van der Waals surface area contributed by atoms with Gasteiger partial charge in [0.1, 0.15) is 23.8 Å². The van der Waals surface area contributed by atoms with Crippen LogP contribution in [0.4, 0.5) is 13.2 Å². The number of halogens is 3. The largest absolute Gasteiger partial charge is 0.480 e. The highest BCUT2D eigenvalue weighted by molar-refractivity contribution is 7.09. The molecule has 0 saturated heterocycles. The van der Waals surface area contributed by atoms with Gasteiger partial charge < -0.3 is 15.7 Å². The summed E-state index contributed by atoms with van der Waals surface area (Å²) in [6.45, 7) is -2.64. The number of carboxylic acids is 1. The molecule has 106 valence electrons. The molecule has 1 aromatic heterocycles. The van der Waals surface area contributed by atoms with Crippen LogP contribution in [0.3, 0.4) is 0 Å². The number of nitrogens with two attached hydrogens (primary N) is 1. The van der Waals surface area contributed by atoms with Gasteiger partial charge in [0.05, 0.1) is 0 Å². The first-order valence-corrected chi connectivity index (χ1v) is 5.83. The molecular weight excluding hydrogens is 287 g/mol. The normalized spacial score (nSPS) is 11.4. The molecule has 10 heteroatoms. The highest BCUT2D eigenvalue weighted by Gasteiger charge is 2.34. The SMILES string of the molecule is NCc1nc(C(=O)N(CC(=O)O)CC(F)(F)F)cs1. The summed E-state index contributed by atoms with van der Waals surface area (Å²) < 4.78 is 36.8. The fourth-order valence-corrected chi connectivity index (χ4v) is 1.89. The number of aromatic nitrogens is 1. The van der Waals surface area contributed by atoms with Gasteiger partial charge in [0.25, 0.3) is 5.91 Å². The van der Waals surface area contributed by atoms with Crippen LogP contribution in [0.5, 0.6) is 0 Å². The van der Waals surface area contributed by atoms with Crippen molar-refractivity contribution in [1.82, 2.24) is 9.88 Å². The highest BCUT2D eigenvalue weighted by atomic mass is 32.1. The number of carbonyl (C=O) groups excluding carboxylic acids is 1. The molecule has 6 nitrogen and oxygen atoms in total. The number of nitrogens with zero attached hydrogens (tertiary/aromatic N) is 2. The molecule has 0 aromatic carbocycles. The maximum atomic E-state index is 12.3. The lowest BCUT2D eigenvalue weighted by atomic mass is 10.3. The molecule has 0 aliphatic rings. The predicted molar refractivity (Wildman–Crippen MR) is 59.6 cm³/mol. The van der Waals surface area contributed by atoms with E-state index in [9.17, 15) is 22.8 Å². The third-order valence-electron chi connectivity index (χ3n) is 1.93. The third kappa shape index (κ3) is 4.83. The Morgan fingerprint density at radius 3 is 2.53 bits per heavy atom. The van der Waals surface area contributed by atoms with Crippen molar-refractivity contribution in [3.05, 3.63) is 16.1 Å². The first-order valence-electron chi connectivity index (χ1n) is 4.95. The highest BCUT2D eigenvalue weighted by Crippen LogP contribution is 2.19. The summed E-state index contributed by atoms with van der Waals surface area (Å²) in [5, 5.41) is 10.2. The van der Waals surface area contributed by atoms with E-state index in [0.29, 0.717) is 5.01 Å². The average molecular weight is 297 g/mol. The number of hydrogen-bond acceptors (Lipinski definition) is 5. The maximum absolute atomic E-state index is 12.3. The predicted octanol–water partition coefficient (Wildman–Crippen LogP) is 0.691. The number of hydrogen-bond donors (Lipinski definition) is 2. The van der Waals surface area contributed by atoms with Gasteiger partial charge in [-0.3, -0.25) is 9.59 Å². The Hall–Kier alpha value is -1.68. The van der Waals surface area contributed by atoms with Crippen LogP contribution in [0.1, 0.15) is 15.5 Å². The van der Waals surface area contributed by atoms with Gasteiger partial charge >= 0.3 is 12.1 Å². The molecule has 1 amide bonds. The molecule has 0 bridgehead atoms. The van der Waals surface area contributed by atoms with Gasteiger partial charge in [-0.1, -0.05) is 0 Å². The van der Waals surface area contributed by atoms with Crippen LogP contribution in [0.2, 0.25) is 0 Å². The van der Waals surface area contributed by atoms with Crippen LogP contribution in [0.25, 0.3) is 0 Å². The average Bonchev–Trinajstić information content (AvgIpc) is 2.73. The Labute approximate surface area is 109 Å². The molecule has 0 unspecified atom stereocenters. The van der Waals surface area contributed by atoms with Crippen molar-refractivity contribution in [3.63, 3.8) is 0 Å². The number of aliphatic carboxylic acids is 1. The summed E-state index contributed by atoms with van der Waals surface area (Å²) in [4.78, 5) is 26.2. The first kappa shape index (κ1) is 15.4. The zero-order chi connectivity index (χ0) is 14.6. The van der Waals surface area contributed by atoms with Crippen LogP contribution < -0.4 is 5.73 Å². The van der Waals surface area contributed by atoms with Crippen molar-refractivity contribution in [2.45, 2.75) is 12.7 Å². The molecule has 0 saturated carbocycles. The van der Waals surface area contributed by atoms with Crippen LogP contribution in [-0.2, 0) is 11.3 Å². The van der Waals surface area contributed by atoms with Gasteiger partial charge in [0.15, 0.2) is 0 Å². The Balaban J connectivity index is 2.90. The summed E-state index contributed by atoms with van der Waals surface area (Å²) in [6, 6.07) is 0. The number of amides is 1. The van der Waals surface area contributed by atoms with E-state index in [0.717, 1.165) is 11.3 Å². The van der Waals surface area contributed by atoms with E-state index in [1.165, 1.54) is 5.38 Å². The molecule has 3 N–H and O–H groups in total. The molecule has 0 fully saturated rings. The second-order valence-electron chi connectivity index (χ2n) is 3.50. The van der Waals surface area contributed by atoms with Crippen molar-refractivity contribution < 1.29 is 27.9 Å². The van der Waals surface area contributed by atoms with Crippen LogP contribution in [0.15, 0.2) is 5.38 Å². The van der Waals surface area contributed by atoms with Crippen LogP contribution in [-0.4, -0.2) is 46.1 Å². The molecule has 1 rings (SSSR count). The lowest BCUT2D eigenvalue weighted by molar-refractivity contribution is -0.149. The molecule has 1 heterocycles. The van der Waals surface area contributed by atoms with E-state index >= 15 is 0 Å². The summed E-state index contributed by atoms with van der Waals surface area (Å²) in [6.07, 6.45) is -4.68. The zero-order valence-corrected chi connectivity index (χ0v) is 10.3. The third-order valence-corrected chi connectivity index (χ3v) is 2.80. The fraction of sp³-hybridized carbons (Fsp3) is 0.444. The van der Waals surface area contributed by atoms with E-state index in [1.807, 2.05) is 0 Å². The maximum Gasteiger partial charge on any atom is 0.406 e. The minimum Gasteiger partial charge on any atom is -0.480 e. The molecule has 1 aromatic rings. The van der Waals surface area contributed by atoms with Gasteiger partial charge in [0.2, 0.25) is 0 Å². The van der Waals surface area contributed by atoms with Crippen molar-refractivity contribution in [2.24, 2.45) is 5.73 Å². The van der Waals surface area contributed by atoms with E-state index in [1.54, 1.807) is 0 Å². The lowest BCUT2D eigenvalue weighted by Crippen LogP contribution is -2.42. The Morgan fingerprint density at radius 1 is 1.47 bits per heavy atom. The van der Waals surface area contributed by atoms with Gasteiger partial charge in [0, 0.05) is 11.9 Å². The summed E-state index contributed by atoms with van der Waals surface area (Å²) in [5.74, 6) is -2.62.